The van der Waals surface area contributed by atoms with Crippen LogP contribution in [0.25, 0.3) is 75.5 Å². The van der Waals surface area contributed by atoms with Gasteiger partial charge in [-0.25, -0.2) is 0 Å². The SMILES string of the molecule is c1ccc(N(c2ccc3ccccc3c2)c2ccc3sc4ccc(-c5cccc6c5-c5ccccc5C65c6ccccc6-c6ccccc6-c6ccccc65)cc4c3c2)cc1. The number of thiophene rings is 1. The van der Waals surface area contributed by atoms with Gasteiger partial charge in [-0.3, -0.25) is 0 Å². The molecular formula is C59H37NS. The summed E-state index contributed by atoms with van der Waals surface area (Å²) in [6, 6.07) is 83.7. The Morgan fingerprint density at radius 1 is 0.311 bits per heavy atom. The van der Waals surface area contributed by atoms with Crippen molar-refractivity contribution in [3.63, 3.8) is 0 Å². The molecular weight excluding hydrogens is 755 g/mol. The average molecular weight is 792 g/mol. The van der Waals surface area contributed by atoms with Crippen LogP contribution in [0.2, 0.25) is 0 Å². The van der Waals surface area contributed by atoms with Crippen LogP contribution in [-0.4, -0.2) is 0 Å². The number of benzene rings is 10. The number of hydrogen-bond donors (Lipinski definition) is 0. The van der Waals surface area contributed by atoms with Crippen LogP contribution in [0.5, 0.6) is 0 Å². The van der Waals surface area contributed by atoms with E-state index in [1.165, 1.54) is 97.7 Å². The summed E-state index contributed by atoms with van der Waals surface area (Å²) in [6.45, 7) is 0. The first-order valence-corrected chi connectivity index (χ1v) is 21.9. The number of rotatable bonds is 4. The summed E-state index contributed by atoms with van der Waals surface area (Å²) in [5, 5.41) is 5.02. The van der Waals surface area contributed by atoms with Gasteiger partial charge in [0.05, 0.1) is 5.41 Å². The van der Waals surface area contributed by atoms with Crippen molar-refractivity contribution in [2.45, 2.75) is 5.41 Å². The topological polar surface area (TPSA) is 3.24 Å². The summed E-state index contributed by atoms with van der Waals surface area (Å²) >= 11 is 1.87. The molecule has 1 aromatic heterocycles. The molecule has 2 aliphatic rings. The molecule has 1 nitrogen and oxygen atoms in total. The van der Waals surface area contributed by atoms with Crippen LogP contribution in [0.3, 0.4) is 0 Å². The maximum atomic E-state index is 2.45. The van der Waals surface area contributed by atoms with E-state index >= 15 is 0 Å². The zero-order chi connectivity index (χ0) is 40.1. The lowest BCUT2D eigenvalue weighted by molar-refractivity contribution is 0.775. The molecule has 0 aliphatic heterocycles. The van der Waals surface area contributed by atoms with Crippen molar-refractivity contribution < 1.29 is 0 Å². The van der Waals surface area contributed by atoms with Crippen LogP contribution in [0.4, 0.5) is 17.1 Å². The summed E-state index contributed by atoms with van der Waals surface area (Å²) in [5.74, 6) is 0. The van der Waals surface area contributed by atoms with Gasteiger partial charge in [-0.05, 0) is 132 Å². The summed E-state index contributed by atoms with van der Waals surface area (Å²) in [4.78, 5) is 2.39. The molecule has 0 amide bonds. The van der Waals surface area contributed by atoms with E-state index in [0.717, 1.165) is 17.1 Å². The number of hydrogen-bond acceptors (Lipinski definition) is 2. The van der Waals surface area contributed by atoms with Gasteiger partial charge in [-0.1, -0.05) is 170 Å². The zero-order valence-corrected chi connectivity index (χ0v) is 34.0. The fourth-order valence-electron chi connectivity index (χ4n) is 10.7. The molecule has 1 spiro atoms. The Hall–Kier alpha value is -7.52. The Balaban J connectivity index is 1.03. The fourth-order valence-corrected chi connectivity index (χ4v) is 11.8. The van der Waals surface area contributed by atoms with Gasteiger partial charge in [0.25, 0.3) is 0 Å². The number of nitrogens with zero attached hydrogens (tertiary/aromatic N) is 1. The lowest BCUT2D eigenvalue weighted by Crippen LogP contribution is -2.29. The van der Waals surface area contributed by atoms with E-state index in [0.29, 0.717) is 0 Å². The Bertz CT molecular complexity index is 3490. The molecule has 11 aromatic rings. The molecule has 61 heavy (non-hydrogen) atoms. The molecule has 0 saturated carbocycles. The van der Waals surface area contributed by atoms with Crippen molar-refractivity contribution >= 4 is 59.3 Å². The van der Waals surface area contributed by atoms with Crippen molar-refractivity contribution in [3.8, 4) is 44.5 Å². The van der Waals surface area contributed by atoms with E-state index in [1.54, 1.807) is 0 Å². The molecule has 0 radical (unpaired) electrons. The highest BCUT2D eigenvalue weighted by molar-refractivity contribution is 7.25. The standard InChI is InChI=1S/C59H37NS/c1-2-17-41(18-3-1)60(42-31-29-38-15-4-5-16-39(38)35-42)43-32-34-57-51(37-43)50-36-40(30-33-56(50)61-57)44-24-14-28-55-58(44)49-23-10-13-27-54(49)59(55)52-25-11-8-21-47(52)45-19-6-7-20-46(45)48-22-9-12-26-53(48)59/h1-37H. The highest BCUT2D eigenvalue weighted by atomic mass is 32.1. The highest BCUT2D eigenvalue weighted by Crippen LogP contribution is 2.62. The monoisotopic (exact) mass is 791 g/mol. The molecule has 284 valence electrons. The minimum absolute atomic E-state index is 0.508. The van der Waals surface area contributed by atoms with E-state index in [9.17, 15) is 0 Å². The molecule has 0 atom stereocenters. The summed E-state index contributed by atoms with van der Waals surface area (Å²) in [7, 11) is 0. The highest BCUT2D eigenvalue weighted by Gasteiger charge is 2.50. The van der Waals surface area contributed by atoms with Gasteiger partial charge in [0.2, 0.25) is 0 Å². The van der Waals surface area contributed by atoms with E-state index in [2.05, 4.69) is 229 Å². The Morgan fingerprint density at radius 2 is 0.820 bits per heavy atom. The van der Waals surface area contributed by atoms with Gasteiger partial charge in [-0.2, -0.15) is 0 Å². The molecule has 10 aromatic carbocycles. The van der Waals surface area contributed by atoms with Crippen LogP contribution in [-0.2, 0) is 5.41 Å². The molecule has 0 N–H and O–H groups in total. The molecule has 0 bridgehead atoms. The predicted octanol–water partition coefficient (Wildman–Crippen LogP) is 16.4. The maximum Gasteiger partial charge on any atom is 0.0725 e. The normalized spacial score (nSPS) is 13.0. The molecule has 2 aliphatic carbocycles. The number of fused-ring (bicyclic) bond motifs is 16. The maximum absolute atomic E-state index is 2.45. The Labute approximate surface area is 359 Å². The summed E-state index contributed by atoms with van der Waals surface area (Å²) < 4.78 is 2.58. The van der Waals surface area contributed by atoms with Gasteiger partial charge < -0.3 is 4.90 Å². The minimum atomic E-state index is -0.508. The number of anilines is 3. The van der Waals surface area contributed by atoms with Crippen molar-refractivity contribution in [2.24, 2.45) is 0 Å². The van der Waals surface area contributed by atoms with Gasteiger partial charge >= 0.3 is 0 Å². The summed E-state index contributed by atoms with van der Waals surface area (Å²) in [5.41, 5.74) is 18.5. The van der Waals surface area contributed by atoms with E-state index in [4.69, 9.17) is 0 Å². The third-order valence-corrected chi connectivity index (χ3v) is 14.4. The van der Waals surface area contributed by atoms with Crippen molar-refractivity contribution in [1.29, 1.82) is 0 Å². The van der Waals surface area contributed by atoms with Gasteiger partial charge in [0, 0.05) is 37.2 Å². The quantitative estimate of drug-likeness (QED) is 0.172. The van der Waals surface area contributed by atoms with E-state index in [1.807, 2.05) is 11.3 Å². The first-order valence-electron chi connectivity index (χ1n) is 21.1. The Kier molecular flexibility index (Phi) is 7.46. The van der Waals surface area contributed by atoms with Crippen molar-refractivity contribution in [2.75, 3.05) is 4.90 Å². The molecule has 0 unspecified atom stereocenters. The molecule has 13 rings (SSSR count). The lowest BCUT2D eigenvalue weighted by Gasteiger charge is -2.35. The predicted molar refractivity (Wildman–Crippen MR) is 259 cm³/mol. The third-order valence-electron chi connectivity index (χ3n) is 13.3. The molecule has 1 heterocycles. The van der Waals surface area contributed by atoms with Gasteiger partial charge in [0.15, 0.2) is 0 Å². The Morgan fingerprint density at radius 3 is 1.54 bits per heavy atom. The molecule has 0 fully saturated rings. The second-order valence-electron chi connectivity index (χ2n) is 16.4. The van der Waals surface area contributed by atoms with Gasteiger partial charge in [0.1, 0.15) is 0 Å². The van der Waals surface area contributed by atoms with Gasteiger partial charge in [-0.15, -0.1) is 11.3 Å². The third kappa shape index (κ3) is 4.94. The fraction of sp³-hybridized carbons (Fsp3) is 0.0169. The molecule has 0 saturated heterocycles. The van der Waals surface area contributed by atoms with Crippen LogP contribution >= 0.6 is 11.3 Å². The second-order valence-corrected chi connectivity index (χ2v) is 17.4. The first-order chi connectivity index (χ1) is 30.3. The summed E-state index contributed by atoms with van der Waals surface area (Å²) in [6.07, 6.45) is 0. The second kappa shape index (κ2) is 13.2. The van der Waals surface area contributed by atoms with Crippen molar-refractivity contribution in [3.05, 3.63) is 247 Å². The number of para-hydroxylation sites is 1. The van der Waals surface area contributed by atoms with Crippen molar-refractivity contribution in [1.82, 2.24) is 0 Å². The van der Waals surface area contributed by atoms with E-state index < -0.39 is 5.41 Å². The lowest BCUT2D eigenvalue weighted by atomic mass is 9.66. The van der Waals surface area contributed by atoms with E-state index in [-0.39, 0.29) is 0 Å². The van der Waals surface area contributed by atoms with Crippen LogP contribution in [0.1, 0.15) is 22.3 Å². The average Bonchev–Trinajstić information content (AvgIpc) is 3.81. The first kappa shape index (κ1) is 34.4. The largest absolute Gasteiger partial charge is 0.310 e. The zero-order valence-electron chi connectivity index (χ0n) is 33.2. The van der Waals surface area contributed by atoms with Crippen LogP contribution in [0, 0.1) is 0 Å². The van der Waals surface area contributed by atoms with Crippen LogP contribution in [0.15, 0.2) is 224 Å². The smallest absolute Gasteiger partial charge is 0.0725 e. The minimum Gasteiger partial charge on any atom is -0.310 e. The molecule has 2 heteroatoms. The van der Waals surface area contributed by atoms with Crippen LogP contribution < -0.4 is 4.90 Å².